The van der Waals surface area contributed by atoms with Crippen LogP contribution in [0.15, 0.2) is 11.8 Å². The zero-order valence-electron chi connectivity index (χ0n) is 8.86. The van der Waals surface area contributed by atoms with Gasteiger partial charge in [-0.2, -0.15) is 0 Å². The van der Waals surface area contributed by atoms with Crippen molar-refractivity contribution in [1.82, 2.24) is 5.32 Å². The average molecular weight is 221 g/mol. The highest BCUT2D eigenvalue weighted by Crippen LogP contribution is 2.22. The standard InChI is InChI=1S/C10H15N5O/c1-14-7-3-2-4-8(7)15-5-6(9(11)12)10(13)16/h5,7-8,15H,2-4H2,(H3,11,12)(H2,13,16)/b6-5+/t7-,8?/m0/s1. The number of nitrogens with two attached hydrogens (primary N) is 2. The van der Waals surface area contributed by atoms with E-state index in [2.05, 4.69) is 10.2 Å². The molecule has 6 N–H and O–H groups in total. The summed E-state index contributed by atoms with van der Waals surface area (Å²) in [4.78, 5) is 14.4. The Morgan fingerprint density at radius 3 is 2.69 bits per heavy atom. The number of hydrogen-bond acceptors (Lipinski definition) is 3. The first-order valence-corrected chi connectivity index (χ1v) is 5.03. The predicted octanol–water partition coefficient (Wildman–Crippen LogP) is -0.278. The van der Waals surface area contributed by atoms with Gasteiger partial charge in [-0.1, -0.05) is 0 Å². The average Bonchev–Trinajstić information content (AvgIpc) is 2.64. The van der Waals surface area contributed by atoms with Crippen LogP contribution in [0.25, 0.3) is 4.85 Å². The van der Waals surface area contributed by atoms with Gasteiger partial charge in [-0.3, -0.25) is 10.2 Å². The first-order valence-electron chi connectivity index (χ1n) is 5.03. The summed E-state index contributed by atoms with van der Waals surface area (Å²) < 4.78 is 0. The number of carbonyl (C=O) groups excluding carboxylic acids is 1. The molecule has 0 aromatic heterocycles. The molecule has 6 nitrogen and oxygen atoms in total. The summed E-state index contributed by atoms with van der Waals surface area (Å²) >= 11 is 0. The van der Waals surface area contributed by atoms with Gasteiger partial charge in [0.25, 0.3) is 5.91 Å². The molecule has 0 aromatic carbocycles. The molecule has 1 rings (SSSR count). The quantitative estimate of drug-likeness (QED) is 0.227. The van der Waals surface area contributed by atoms with Crippen molar-refractivity contribution in [2.24, 2.45) is 11.5 Å². The Morgan fingerprint density at radius 1 is 1.50 bits per heavy atom. The van der Waals surface area contributed by atoms with Gasteiger partial charge in [0, 0.05) is 12.6 Å². The SMILES string of the molecule is [C-]#[N+][C@H]1CCCC1N/C=C(\C(=N)N)C(N)=O. The van der Waals surface area contributed by atoms with Gasteiger partial charge in [0.2, 0.25) is 6.04 Å². The number of amidine groups is 1. The number of hydrogen-bond donors (Lipinski definition) is 4. The van der Waals surface area contributed by atoms with Crippen LogP contribution in [0, 0.1) is 12.0 Å². The molecule has 0 bridgehead atoms. The van der Waals surface area contributed by atoms with E-state index in [-0.39, 0.29) is 23.5 Å². The Bertz CT molecular complexity index is 352. The van der Waals surface area contributed by atoms with Gasteiger partial charge in [0.1, 0.15) is 11.9 Å². The lowest BCUT2D eigenvalue weighted by Gasteiger charge is -2.11. The van der Waals surface area contributed by atoms with E-state index in [9.17, 15) is 4.79 Å². The van der Waals surface area contributed by atoms with E-state index in [0.29, 0.717) is 0 Å². The molecule has 1 aliphatic rings. The monoisotopic (exact) mass is 221 g/mol. The number of amides is 1. The van der Waals surface area contributed by atoms with Gasteiger partial charge in [-0.15, -0.1) is 0 Å². The molecule has 0 spiro atoms. The molecule has 2 atom stereocenters. The molecule has 86 valence electrons. The van der Waals surface area contributed by atoms with E-state index in [1.165, 1.54) is 6.20 Å². The molecule has 0 heterocycles. The highest BCUT2D eigenvalue weighted by molar-refractivity contribution is 6.18. The van der Waals surface area contributed by atoms with Crippen molar-refractivity contribution in [3.8, 4) is 0 Å². The molecule has 0 saturated heterocycles. The number of nitrogens with one attached hydrogen (secondary N) is 2. The first kappa shape index (κ1) is 12.0. The van der Waals surface area contributed by atoms with Crippen LogP contribution in [-0.4, -0.2) is 23.8 Å². The minimum atomic E-state index is -0.739. The zero-order valence-corrected chi connectivity index (χ0v) is 8.86. The van der Waals surface area contributed by atoms with Crippen LogP contribution in [0.3, 0.4) is 0 Å². The lowest BCUT2D eigenvalue weighted by Crippen LogP contribution is -2.33. The van der Waals surface area contributed by atoms with Crippen molar-refractivity contribution in [3.05, 3.63) is 23.2 Å². The van der Waals surface area contributed by atoms with E-state index < -0.39 is 5.91 Å². The van der Waals surface area contributed by atoms with Crippen LogP contribution >= 0.6 is 0 Å². The van der Waals surface area contributed by atoms with E-state index in [1.54, 1.807) is 0 Å². The summed E-state index contributed by atoms with van der Waals surface area (Å²) in [5.41, 5.74) is 10.2. The molecule has 16 heavy (non-hydrogen) atoms. The minimum Gasteiger partial charge on any atom is -0.383 e. The Morgan fingerprint density at radius 2 is 2.19 bits per heavy atom. The summed E-state index contributed by atoms with van der Waals surface area (Å²) in [5.74, 6) is -1.10. The molecule has 6 heteroatoms. The van der Waals surface area contributed by atoms with Crippen LogP contribution < -0.4 is 16.8 Å². The van der Waals surface area contributed by atoms with Crippen molar-refractivity contribution in [3.63, 3.8) is 0 Å². The number of rotatable bonds is 4. The van der Waals surface area contributed by atoms with Crippen molar-refractivity contribution >= 4 is 11.7 Å². The zero-order chi connectivity index (χ0) is 12.1. The third-order valence-electron chi connectivity index (χ3n) is 2.64. The lowest BCUT2D eigenvalue weighted by atomic mass is 10.2. The van der Waals surface area contributed by atoms with Crippen LogP contribution in [0.2, 0.25) is 0 Å². The molecule has 1 unspecified atom stereocenters. The smallest absolute Gasteiger partial charge is 0.253 e. The molecule has 1 aliphatic carbocycles. The summed E-state index contributed by atoms with van der Waals surface area (Å²) in [7, 11) is 0. The van der Waals surface area contributed by atoms with Gasteiger partial charge in [0.15, 0.2) is 0 Å². The van der Waals surface area contributed by atoms with Crippen molar-refractivity contribution in [1.29, 1.82) is 5.41 Å². The third-order valence-corrected chi connectivity index (χ3v) is 2.64. The molecule has 1 saturated carbocycles. The summed E-state index contributed by atoms with van der Waals surface area (Å²) in [6.45, 7) is 6.99. The van der Waals surface area contributed by atoms with Crippen molar-refractivity contribution in [2.45, 2.75) is 31.3 Å². The Labute approximate surface area is 94.0 Å². The third kappa shape index (κ3) is 2.73. The van der Waals surface area contributed by atoms with Crippen LogP contribution in [0.1, 0.15) is 19.3 Å². The molecule has 0 radical (unpaired) electrons. The summed E-state index contributed by atoms with van der Waals surface area (Å²) in [6.07, 6.45) is 4.08. The maximum absolute atomic E-state index is 10.9. The maximum Gasteiger partial charge on any atom is 0.253 e. The topological polar surface area (TPSA) is 109 Å². The van der Waals surface area contributed by atoms with Gasteiger partial charge in [0.05, 0.1) is 5.57 Å². The van der Waals surface area contributed by atoms with E-state index in [1.807, 2.05) is 0 Å². The fourth-order valence-corrected chi connectivity index (χ4v) is 1.76. The minimum absolute atomic E-state index is 0.0196. The maximum atomic E-state index is 10.9. The predicted molar refractivity (Wildman–Crippen MR) is 60.4 cm³/mol. The molecule has 1 amide bonds. The molecule has 0 aliphatic heterocycles. The molecule has 0 aromatic rings. The van der Waals surface area contributed by atoms with E-state index in [4.69, 9.17) is 23.4 Å². The van der Waals surface area contributed by atoms with Crippen LogP contribution in [-0.2, 0) is 4.79 Å². The second kappa shape index (κ2) is 5.16. The normalized spacial score (nSPS) is 24.8. The lowest BCUT2D eigenvalue weighted by molar-refractivity contribution is -0.114. The largest absolute Gasteiger partial charge is 0.383 e. The fourth-order valence-electron chi connectivity index (χ4n) is 1.76. The number of nitrogens with zero attached hydrogens (tertiary/aromatic N) is 1. The van der Waals surface area contributed by atoms with Crippen LogP contribution in [0.5, 0.6) is 0 Å². The number of primary amides is 1. The Kier molecular flexibility index (Phi) is 3.89. The highest BCUT2D eigenvalue weighted by Gasteiger charge is 2.31. The van der Waals surface area contributed by atoms with Gasteiger partial charge in [-0.25, -0.2) is 6.57 Å². The molecule has 1 fully saturated rings. The molecular weight excluding hydrogens is 206 g/mol. The van der Waals surface area contributed by atoms with Gasteiger partial charge < -0.3 is 21.6 Å². The Balaban J connectivity index is 2.67. The van der Waals surface area contributed by atoms with Gasteiger partial charge >= 0.3 is 0 Å². The second-order valence-corrected chi connectivity index (χ2v) is 3.74. The van der Waals surface area contributed by atoms with Crippen molar-refractivity contribution in [2.75, 3.05) is 0 Å². The van der Waals surface area contributed by atoms with E-state index in [0.717, 1.165) is 19.3 Å². The molecular formula is C10H15N5O. The highest BCUT2D eigenvalue weighted by atomic mass is 16.1. The number of carbonyl (C=O) groups is 1. The summed E-state index contributed by atoms with van der Waals surface area (Å²) in [5, 5.41) is 10.1. The first-order chi connectivity index (χ1) is 7.56. The van der Waals surface area contributed by atoms with E-state index >= 15 is 0 Å². The Hall–Kier alpha value is -2.03. The van der Waals surface area contributed by atoms with Crippen molar-refractivity contribution < 1.29 is 4.79 Å². The fraction of sp³-hybridized carbons (Fsp3) is 0.500. The summed E-state index contributed by atoms with van der Waals surface area (Å²) in [6, 6.07) is -0.0523. The second-order valence-electron chi connectivity index (χ2n) is 3.74. The van der Waals surface area contributed by atoms with Gasteiger partial charge in [-0.05, 0) is 12.8 Å². The van der Waals surface area contributed by atoms with Crippen LogP contribution in [0.4, 0.5) is 0 Å².